The van der Waals surface area contributed by atoms with Gasteiger partial charge in [0.1, 0.15) is 0 Å². The summed E-state index contributed by atoms with van der Waals surface area (Å²) in [5.74, 6) is 0. The van der Waals surface area contributed by atoms with Gasteiger partial charge in [-0.2, -0.15) is 0 Å². The molecule has 0 atom stereocenters. The monoisotopic (exact) mass is 352 g/mol. The third-order valence-electron chi connectivity index (χ3n) is 3.97. The number of hydrogen-bond donors (Lipinski definition) is 2. The molecule has 0 spiro atoms. The first-order chi connectivity index (χ1) is 9.34. The highest BCUT2D eigenvalue weighted by Gasteiger charge is 2.29. The van der Waals surface area contributed by atoms with Crippen LogP contribution >= 0.6 is 24.0 Å². The highest BCUT2D eigenvalue weighted by Crippen LogP contribution is 2.26. The van der Waals surface area contributed by atoms with Gasteiger partial charge in [0.25, 0.3) is 0 Å². The molecule has 1 aliphatic carbocycles. The van der Waals surface area contributed by atoms with E-state index in [0.717, 1.165) is 25.7 Å². The van der Waals surface area contributed by atoms with Crippen LogP contribution in [0.2, 0.25) is 5.02 Å². The van der Waals surface area contributed by atoms with Crippen molar-refractivity contribution >= 4 is 34.0 Å². The molecule has 1 aliphatic rings. The Balaban J connectivity index is 0.00000220. The molecule has 1 aromatic carbocycles. The second-order valence-corrected chi connectivity index (χ2v) is 7.75. The Morgan fingerprint density at radius 3 is 2.52 bits per heavy atom. The van der Waals surface area contributed by atoms with Crippen LogP contribution in [0.4, 0.5) is 0 Å². The van der Waals surface area contributed by atoms with E-state index in [2.05, 4.69) is 4.72 Å². The highest BCUT2D eigenvalue weighted by atomic mass is 35.5. The molecule has 1 saturated carbocycles. The van der Waals surface area contributed by atoms with Gasteiger partial charge in [-0.3, -0.25) is 0 Å². The van der Waals surface area contributed by atoms with Crippen LogP contribution in [0.3, 0.4) is 0 Å². The second kappa shape index (κ2) is 7.29. The maximum atomic E-state index is 12.4. The van der Waals surface area contributed by atoms with Crippen LogP contribution in [0.25, 0.3) is 0 Å². The lowest BCUT2D eigenvalue weighted by Crippen LogP contribution is -2.51. The average molecular weight is 353 g/mol. The molecule has 7 heteroatoms. The van der Waals surface area contributed by atoms with Crippen molar-refractivity contribution in [2.24, 2.45) is 5.73 Å². The molecule has 0 unspecified atom stereocenters. The van der Waals surface area contributed by atoms with Crippen molar-refractivity contribution in [3.8, 4) is 0 Å². The molecular formula is C14H22Cl2N2O2S. The van der Waals surface area contributed by atoms with E-state index in [9.17, 15) is 8.42 Å². The fourth-order valence-corrected chi connectivity index (χ4v) is 4.26. The number of rotatable bonds is 4. The van der Waals surface area contributed by atoms with E-state index in [4.69, 9.17) is 17.3 Å². The minimum atomic E-state index is -3.57. The summed E-state index contributed by atoms with van der Waals surface area (Å²) >= 11 is 5.98. The number of sulfonamides is 1. The van der Waals surface area contributed by atoms with E-state index in [0.29, 0.717) is 10.6 Å². The van der Waals surface area contributed by atoms with Crippen molar-refractivity contribution in [1.82, 2.24) is 4.72 Å². The van der Waals surface area contributed by atoms with Crippen molar-refractivity contribution in [2.45, 2.75) is 49.5 Å². The van der Waals surface area contributed by atoms with Gasteiger partial charge in [-0.25, -0.2) is 13.1 Å². The average Bonchev–Trinajstić information content (AvgIpc) is 2.41. The minimum absolute atomic E-state index is 0. The highest BCUT2D eigenvalue weighted by molar-refractivity contribution is 7.89. The van der Waals surface area contributed by atoms with Crippen molar-refractivity contribution in [3.63, 3.8) is 0 Å². The molecule has 0 radical (unpaired) electrons. The van der Waals surface area contributed by atoms with Crippen LogP contribution in [0.5, 0.6) is 0 Å². The van der Waals surface area contributed by atoms with Crippen LogP contribution < -0.4 is 10.5 Å². The lowest BCUT2D eigenvalue weighted by molar-refractivity contribution is 0.296. The molecule has 0 aliphatic heterocycles. The zero-order valence-electron chi connectivity index (χ0n) is 12.1. The molecule has 1 fully saturated rings. The third-order valence-corrected chi connectivity index (χ3v) is 5.93. The van der Waals surface area contributed by atoms with Gasteiger partial charge >= 0.3 is 0 Å². The minimum Gasteiger partial charge on any atom is -0.324 e. The SMILES string of the molecule is Cc1c(Cl)cccc1S(=O)(=O)NCC1(N)CCCCC1.Cl. The Kier molecular flexibility index (Phi) is 6.50. The third kappa shape index (κ3) is 4.57. The van der Waals surface area contributed by atoms with Crippen molar-refractivity contribution in [1.29, 1.82) is 0 Å². The van der Waals surface area contributed by atoms with E-state index < -0.39 is 15.6 Å². The number of nitrogens with one attached hydrogen (secondary N) is 1. The van der Waals surface area contributed by atoms with Crippen molar-refractivity contribution in [2.75, 3.05) is 6.54 Å². The molecule has 1 aromatic rings. The smallest absolute Gasteiger partial charge is 0.240 e. The van der Waals surface area contributed by atoms with Gasteiger partial charge in [-0.1, -0.05) is 36.9 Å². The summed E-state index contributed by atoms with van der Waals surface area (Å²) in [6, 6.07) is 4.89. The number of halogens is 2. The van der Waals surface area contributed by atoms with E-state index in [1.54, 1.807) is 25.1 Å². The molecular weight excluding hydrogens is 331 g/mol. The molecule has 120 valence electrons. The van der Waals surface area contributed by atoms with Gasteiger partial charge in [0.15, 0.2) is 0 Å². The summed E-state index contributed by atoms with van der Waals surface area (Å²) in [6.45, 7) is 1.98. The fraction of sp³-hybridized carbons (Fsp3) is 0.571. The predicted molar refractivity (Wildman–Crippen MR) is 88.6 cm³/mol. The maximum absolute atomic E-state index is 12.4. The van der Waals surface area contributed by atoms with E-state index >= 15 is 0 Å². The second-order valence-electron chi connectivity index (χ2n) is 5.61. The topological polar surface area (TPSA) is 72.2 Å². The largest absolute Gasteiger partial charge is 0.324 e. The van der Waals surface area contributed by atoms with Crippen LogP contribution in [-0.4, -0.2) is 20.5 Å². The molecule has 0 amide bonds. The Morgan fingerprint density at radius 2 is 1.90 bits per heavy atom. The molecule has 0 bridgehead atoms. The van der Waals surface area contributed by atoms with Crippen molar-refractivity contribution in [3.05, 3.63) is 28.8 Å². The summed E-state index contributed by atoms with van der Waals surface area (Å²) in [6.07, 6.45) is 5.04. The standard InChI is InChI=1S/C14H21ClN2O2S.ClH/c1-11-12(15)6-5-7-13(11)20(18,19)17-10-14(16)8-3-2-4-9-14;/h5-7,17H,2-4,8-10,16H2,1H3;1H. The maximum Gasteiger partial charge on any atom is 0.240 e. The number of hydrogen-bond acceptors (Lipinski definition) is 3. The first-order valence-corrected chi connectivity index (χ1v) is 8.74. The summed E-state index contributed by atoms with van der Waals surface area (Å²) in [5, 5.41) is 0.452. The van der Waals surface area contributed by atoms with Gasteiger partial charge in [-0.15, -0.1) is 12.4 Å². The van der Waals surface area contributed by atoms with Gasteiger partial charge < -0.3 is 5.73 Å². The van der Waals surface area contributed by atoms with Crippen LogP contribution in [0, 0.1) is 6.92 Å². The summed E-state index contributed by atoms with van der Waals surface area (Å²) < 4.78 is 27.4. The normalized spacial score (nSPS) is 18.0. The predicted octanol–water partition coefficient (Wildman–Crippen LogP) is 3.01. The first-order valence-electron chi connectivity index (χ1n) is 6.88. The molecule has 21 heavy (non-hydrogen) atoms. The zero-order valence-corrected chi connectivity index (χ0v) is 14.5. The summed E-state index contributed by atoms with van der Waals surface area (Å²) in [7, 11) is -3.57. The Morgan fingerprint density at radius 1 is 1.29 bits per heavy atom. The number of benzene rings is 1. The van der Waals surface area contributed by atoms with Gasteiger partial charge in [0.05, 0.1) is 4.90 Å². The molecule has 0 aromatic heterocycles. The zero-order chi connectivity index (χ0) is 14.8. The van der Waals surface area contributed by atoms with Gasteiger partial charge in [0, 0.05) is 17.1 Å². The lowest BCUT2D eigenvalue weighted by Gasteiger charge is -2.33. The Labute approximate surface area is 137 Å². The Hall–Kier alpha value is -0.330. The summed E-state index contributed by atoms with van der Waals surface area (Å²) in [5.41, 5.74) is 6.41. The van der Waals surface area contributed by atoms with E-state index in [1.807, 2.05) is 0 Å². The molecule has 2 rings (SSSR count). The lowest BCUT2D eigenvalue weighted by atomic mass is 9.83. The van der Waals surface area contributed by atoms with Crippen molar-refractivity contribution < 1.29 is 8.42 Å². The first kappa shape index (κ1) is 18.7. The molecule has 3 N–H and O–H groups in total. The fourth-order valence-electron chi connectivity index (χ4n) is 2.63. The van der Waals surface area contributed by atoms with Crippen LogP contribution in [-0.2, 0) is 10.0 Å². The molecule has 0 saturated heterocycles. The van der Waals surface area contributed by atoms with Crippen LogP contribution in [0.15, 0.2) is 23.1 Å². The van der Waals surface area contributed by atoms with E-state index in [-0.39, 0.29) is 23.8 Å². The van der Waals surface area contributed by atoms with Crippen LogP contribution in [0.1, 0.15) is 37.7 Å². The quantitative estimate of drug-likeness (QED) is 0.874. The molecule has 4 nitrogen and oxygen atoms in total. The summed E-state index contributed by atoms with van der Waals surface area (Å²) in [4.78, 5) is 0.226. The van der Waals surface area contributed by atoms with Gasteiger partial charge in [-0.05, 0) is 37.5 Å². The number of nitrogens with two attached hydrogens (primary N) is 1. The van der Waals surface area contributed by atoms with E-state index in [1.165, 1.54) is 6.42 Å². The Bertz CT molecular complexity index is 585. The van der Waals surface area contributed by atoms with Gasteiger partial charge in [0.2, 0.25) is 10.0 Å². The molecule has 0 heterocycles.